The average Bonchev–Trinajstić information content (AvgIpc) is 3.23. The van der Waals surface area contributed by atoms with Gasteiger partial charge in [0.05, 0.1) is 17.0 Å². The molecule has 0 fully saturated rings. The standard InChI is InChI=1S/C27H26N4O5S/c1-15-24(30-27(34)35-16(2)18-6-4-3-5-7-18)25(36-31-15)21-13-12-20(26(37-29)23(21)28)19-10-8-17(9-11-19)14-22(32)33/h3-13,16H,14,28-29H2,1-2H3,(H,30,34)(H,32,33). The molecule has 0 radical (unpaired) electrons. The molecule has 1 amide bonds. The van der Waals surface area contributed by atoms with Crippen LogP contribution in [0.4, 0.5) is 16.2 Å². The first-order valence-electron chi connectivity index (χ1n) is 11.4. The highest BCUT2D eigenvalue weighted by molar-refractivity contribution is 7.97. The van der Waals surface area contributed by atoms with Gasteiger partial charge in [-0.05, 0) is 54.1 Å². The van der Waals surface area contributed by atoms with Crippen molar-refractivity contribution in [3.05, 3.63) is 83.6 Å². The van der Waals surface area contributed by atoms with E-state index in [1.54, 1.807) is 32.0 Å². The molecule has 9 nitrogen and oxygen atoms in total. The van der Waals surface area contributed by atoms with Gasteiger partial charge >= 0.3 is 12.1 Å². The molecule has 1 aromatic heterocycles. The first-order chi connectivity index (χ1) is 17.8. The van der Waals surface area contributed by atoms with Crippen molar-refractivity contribution in [3.63, 3.8) is 0 Å². The summed E-state index contributed by atoms with van der Waals surface area (Å²) in [6.07, 6.45) is -1.18. The molecule has 4 aromatic rings. The second-order valence-corrected chi connectivity index (χ2v) is 8.99. The minimum Gasteiger partial charge on any atom is -0.481 e. The molecular weight excluding hydrogens is 492 g/mol. The summed E-state index contributed by atoms with van der Waals surface area (Å²) in [5.41, 5.74) is 11.3. The van der Waals surface area contributed by atoms with E-state index in [9.17, 15) is 9.59 Å². The number of amides is 1. The average molecular weight is 519 g/mol. The zero-order chi connectivity index (χ0) is 26.5. The Balaban J connectivity index is 1.61. The number of carbonyl (C=O) groups is 2. The molecule has 0 aliphatic carbocycles. The Bertz CT molecular complexity index is 1420. The Hall–Kier alpha value is -4.28. The number of hydrogen-bond donors (Lipinski definition) is 4. The van der Waals surface area contributed by atoms with E-state index in [-0.39, 0.29) is 12.2 Å². The maximum absolute atomic E-state index is 12.7. The third kappa shape index (κ3) is 5.76. The van der Waals surface area contributed by atoms with Crippen LogP contribution in [0.2, 0.25) is 0 Å². The van der Waals surface area contributed by atoms with Gasteiger partial charge in [-0.2, -0.15) is 0 Å². The highest BCUT2D eigenvalue weighted by Gasteiger charge is 2.23. The summed E-state index contributed by atoms with van der Waals surface area (Å²) in [5, 5.41) is 21.7. The van der Waals surface area contributed by atoms with E-state index in [0.717, 1.165) is 28.6 Å². The fraction of sp³-hybridized carbons (Fsp3) is 0.148. The van der Waals surface area contributed by atoms with E-state index < -0.39 is 18.2 Å². The minimum atomic E-state index is -0.898. The number of aromatic nitrogens is 1. The molecule has 4 rings (SSSR count). The van der Waals surface area contributed by atoms with E-state index in [4.69, 9.17) is 25.2 Å². The van der Waals surface area contributed by atoms with E-state index >= 15 is 0 Å². The van der Waals surface area contributed by atoms with E-state index in [0.29, 0.717) is 33.1 Å². The number of hydrogen-bond acceptors (Lipinski definition) is 8. The molecule has 190 valence electrons. The zero-order valence-electron chi connectivity index (χ0n) is 20.2. The second kappa shape index (κ2) is 11.2. The Morgan fingerprint density at radius 1 is 1.08 bits per heavy atom. The Morgan fingerprint density at radius 2 is 1.76 bits per heavy atom. The first kappa shape index (κ1) is 25.8. The van der Waals surface area contributed by atoms with Gasteiger partial charge in [-0.1, -0.05) is 65.8 Å². The van der Waals surface area contributed by atoms with Gasteiger partial charge in [-0.15, -0.1) is 0 Å². The van der Waals surface area contributed by atoms with E-state index in [1.807, 2.05) is 48.5 Å². The topological polar surface area (TPSA) is 154 Å². The number of rotatable bonds is 8. The summed E-state index contributed by atoms with van der Waals surface area (Å²) < 4.78 is 11.1. The van der Waals surface area contributed by atoms with Crippen LogP contribution in [-0.4, -0.2) is 22.3 Å². The summed E-state index contributed by atoms with van der Waals surface area (Å²) in [5.74, 6) is -0.623. The maximum Gasteiger partial charge on any atom is 0.412 e. The summed E-state index contributed by atoms with van der Waals surface area (Å²) in [7, 11) is 0. The monoisotopic (exact) mass is 518 g/mol. The predicted octanol–water partition coefficient (Wildman–Crippen LogP) is 5.80. The molecule has 0 aliphatic heterocycles. The Labute approximate surface area is 217 Å². The number of ether oxygens (including phenoxy) is 1. The van der Waals surface area contributed by atoms with Gasteiger partial charge < -0.3 is 20.1 Å². The molecule has 37 heavy (non-hydrogen) atoms. The molecule has 1 heterocycles. The number of carboxylic acid groups (broad SMARTS) is 1. The van der Waals surface area contributed by atoms with E-state index in [1.165, 1.54) is 0 Å². The second-order valence-electron chi connectivity index (χ2n) is 8.34. The molecule has 1 unspecified atom stereocenters. The summed E-state index contributed by atoms with van der Waals surface area (Å²) in [6.45, 7) is 3.48. The molecule has 3 aromatic carbocycles. The van der Waals surface area contributed by atoms with Crippen molar-refractivity contribution in [1.82, 2.24) is 5.16 Å². The van der Waals surface area contributed by atoms with Crippen LogP contribution in [0, 0.1) is 6.92 Å². The summed E-state index contributed by atoms with van der Waals surface area (Å²) >= 11 is 0.980. The van der Waals surface area contributed by atoms with Crippen LogP contribution in [-0.2, 0) is 16.0 Å². The Morgan fingerprint density at radius 3 is 2.41 bits per heavy atom. The third-order valence-corrected chi connectivity index (χ3v) is 6.50. The predicted molar refractivity (Wildman–Crippen MR) is 143 cm³/mol. The van der Waals surface area contributed by atoms with Crippen LogP contribution in [0.25, 0.3) is 22.5 Å². The maximum atomic E-state index is 12.7. The van der Waals surface area contributed by atoms with E-state index in [2.05, 4.69) is 10.5 Å². The first-order valence-corrected chi connectivity index (χ1v) is 12.3. The van der Waals surface area contributed by atoms with Crippen molar-refractivity contribution < 1.29 is 24.0 Å². The number of nitrogens with zero attached hydrogens (tertiary/aromatic N) is 1. The number of nitrogen functional groups attached to an aromatic ring is 1. The lowest BCUT2D eigenvalue weighted by molar-refractivity contribution is -0.136. The number of carboxylic acids is 1. The third-order valence-electron chi connectivity index (χ3n) is 5.82. The quantitative estimate of drug-likeness (QED) is 0.167. The number of nitrogens with one attached hydrogen (secondary N) is 1. The molecule has 0 bridgehead atoms. The molecule has 10 heteroatoms. The van der Waals surface area contributed by atoms with Crippen molar-refractivity contribution in [3.8, 4) is 22.5 Å². The molecule has 0 saturated heterocycles. The van der Waals surface area contributed by atoms with Crippen LogP contribution in [0.5, 0.6) is 0 Å². The van der Waals surface area contributed by atoms with Crippen molar-refractivity contribution in [2.45, 2.75) is 31.3 Å². The van der Waals surface area contributed by atoms with Crippen molar-refractivity contribution >= 4 is 35.4 Å². The number of aliphatic carboxylic acids is 1. The van der Waals surface area contributed by atoms with Crippen LogP contribution in [0.15, 0.2) is 76.1 Å². The number of benzene rings is 3. The molecule has 6 N–H and O–H groups in total. The Kier molecular flexibility index (Phi) is 7.80. The summed E-state index contributed by atoms with van der Waals surface area (Å²) in [4.78, 5) is 24.2. The lowest BCUT2D eigenvalue weighted by atomic mass is 9.99. The van der Waals surface area contributed by atoms with Crippen LogP contribution in [0.3, 0.4) is 0 Å². The van der Waals surface area contributed by atoms with Crippen LogP contribution < -0.4 is 16.2 Å². The molecule has 0 saturated carbocycles. The largest absolute Gasteiger partial charge is 0.481 e. The van der Waals surface area contributed by atoms with Crippen LogP contribution in [0.1, 0.15) is 29.8 Å². The van der Waals surface area contributed by atoms with Gasteiger partial charge in [0, 0.05) is 5.56 Å². The normalized spacial score (nSPS) is 11.6. The number of carbonyl (C=O) groups excluding carboxylic acids is 1. The van der Waals surface area contributed by atoms with Gasteiger partial charge in [-0.3, -0.25) is 15.3 Å². The fourth-order valence-corrected chi connectivity index (χ4v) is 4.46. The SMILES string of the molecule is Cc1noc(-c2ccc(-c3ccc(CC(=O)O)cc3)c(SN)c2N)c1NC(=O)OC(C)c1ccccc1. The van der Waals surface area contributed by atoms with Gasteiger partial charge in [0.2, 0.25) is 0 Å². The van der Waals surface area contributed by atoms with Gasteiger partial charge in [0.1, 0.15) is 17.5 Å². The van der Waals surface area contributed by atoms with Crippen molar-refractivity contribution in [1.29, 1.82) is 0 Å². The smallest absolute Gasteiger partial charge is 0.412 e. The highest BCUT2D eigenvalue weighted by Crippen LogP contribution is 2.42. The lowest BCUT2D eigenvalue weighted by Gasteiger charge is -2.16. The van der Waals surface area contributed by atoms with Crippen molar-refractivity contribution in [2.75, 3.05) is 11.1 Å². The minimum absolute atomic E-state index is 0.0625. The van der Waals surface area contributed by atoms with Gasteiger partial charge in [0.25, 0.3) is 0 Å². The molecule has 0 spiro atoms. The van der Waals surface area contributed by atoms with Gasteiger partial charge in [-0.25, -0.2) is 4.79 Å². The fourth-order valence-electron chi connectivity index (χ4n) is 3.91. The molecular formula is C27H26N4O5S. The molecule has 1 atom stereocenters. The molecule has 0 aliphatic rings. The number of aryl methyl sites for hydroxylation is 1. The van der Waals surface area contributed by atoms with Crippen LogP contribution >= 0.6 is 11.9 Å². The van der Waals surface area contributed by atoms with Gasteiger partial charge in [0.15, 0.2) is 5.76 Å². The van der Waals surface area contributed by atoms with Crippen molar-refractivity contribution in [2.24, 2.45) is 5.14 Å². The number of nitrogens with two attached hydrogens (primary N) is 2. The number of anilines is 2. The summed E-state index contributed by atoms with van der Waals surface area (Å²) in [6, 6.07) is 20.1. The lowest BCUT2D eigenvalue weighted by Crippen LogP contribution is -2.16. The highest BCUT2D eigenvalue weighted by atomic mass is 32.2. The zero-order valence-corrected chi connectivity index (χ0v) is 21.0.